The molecule has 1 saturated heterocycles. The van der Waals surface area contributed by atoms with E-state index in [4.69, 9.17) is 15.2 Å². The molecule has 0 saturated carbocycles. The molecule has 3 atom stereocenters. The highest BCUT2D eigenvalue weighted by atomic mass is 32.2. The Morgan fingerprint density at radius 3 is 2.12 bits per heavy atom. The van der Waals surface area contributed by atoms with E-state index in [1.165, 1.54) is 6.92 Å². The van der Waals surface area contributed by atoms with E-state index in [0.29, 0.717) is 42.9 Å². The van der Waals surface area contributed by atoms with Crippen molar-refractivity contribution in [2.24, 2.45) is 0 Å². The minimum absolute atomic E-state index is 0.00400. The summed E-state index contributed by atoms with van der Waals surface area (Å²) in [6.45, 7) is 1.89. The molecule has 1 fully saturated rings. The Hall–Kier alpha value is -5.46. The van der Waals surface area contributed by atoms with E-state index >= 15 is 0 Å². The van der Waals surface area contributed by atoms with Crippen molar-refractivity contribution in [1.29, 1.82) is 0 Å². The van der Waals surface area contributed by atoms with Crippen LogP contribution in [0.15, 0.2) is 126 Å². The summed E-state index contributed by atoms with van der Waals surface area (Å²) < 4.78 is 13.2. The van der Waals surface area contributed by atoms with Crippen molar-refractivity contribution < 1.29 is 29.0 Å². The summed E-state index contributed by atoms with van der Waals surface area (Å²) >= 11 is 1.70. The molecule has 0 spiro atoms. The summed E-state index contributed by atoms with van der Waals surface area (Å²) in [5, 5.41) is 18.3. The zero-order valence-corrected chi connectivity index (χ0v) is 33.6. The Kier molecular flexibility index (Phi) is 15.5. The van der Waals surface area contributed by atoms with E-state index < -0.39 is 6.29 Å². The number of nitrogen functional groups attached to an aromatic ring is 1. The topological polar surface area (TPSA) is 152 Å². The van der Waals surface area contributed by atoms with Crippen LogP contribution in [0.5, 0.6) is 0 Å². The summed E-state index contributed by atoms with van der Waals surface area (Å²) in [6.07, 6.45) is 3.89. The van der Waals surface area contributed by atoms with Gasteiger partial charge in [0.05, 0.1) is 30.2 Å². The minimum atomic E-state index is -0.585. The number of ether oxygens (including phenoxy) is 2. The van der Waals surface area contributed by atoms with Crippen LogP contribution >= 0.6 is 11.8 Å². The molecular formula is C47H52N4O6S. The second-order valence-corrected chi connectivity index (χ2v) is 15.6. The molecule has 0 unspecified atom stereocenters. The number of rotatable bonds is 18. The lowest BCUT2D eigenvalue weighted by Crippen LogP contribution is -2.31. The molecule has 5 aromatic carbocycles. The van der Waals surface area contributed by atoms with Gasteiger partial charge in [0, 0.05) is 54.6 Å². The Morgan fingerprint density at radius 1 is 0.741 bits per heavy atom. The molecule has 0 bridgehead atoms. The Morgan fingerprint density at radius 2 is 1.41 bits per heavy atom. The van der Waals surface area contributed by atoms with Crippen molar-refractivity contribution in [3.8, 4) is 11.1 Å². The zero-order chi connectivity index (χ0) is 40.7. The summed E-state index contributed by atoms with van der Waals surface area (Å²) in [5.41, 5.74) is 13.7. The smallest absolute Gasteiger partial charge is 0.224 e. The predicted molar refractivity (Wildman–Crippen MR) is 231 cm³/mol. The van der Waals surface area contributed by atoms with Crippen molar-refractivity contribution in [1.82, 2.24) is 5.32 Å². The predicted octanol–water partition coefficient (Wildman–Crippen LogP) is 9.32. The molecule has 1 aliphatic rings. The third-order valence-electron chi connectivity index (χ3n) is 10.0. The largest absolute Gasteiger partial charge is 0.397 e. The van der Waals surface area contributed by atoms with Crippen LogP contribution in [0.1, 0.15) is 86.5 Å². The molecule has 302 valence electrons. The first-order valence-electron chi connectivity index (χ1n) is 19.8. The van der Waals surface area contributed by atoms with Crippen LogP contribution in [0, 0.1) is 0 Å². The van der Waals surface area contributed by atoms with Gasteiger partial charge >= 0.3 is 0 Å². The van der Waals surface area contributed by atoms with Crippen LogP contribution in [-0.2, 0) is 37.0 Å². The fourth-order valence-corrected chi connectivity index (χ4v) is 7.78. The van der Waals surface area contributed by atoms with Crippen molar-refractivity contribution in [2.75, 3.05) is 22.1 Å². The fourth-order valence-electron chi connectivity index (χ4n) is 6.86. The van der Waals surface area contributed by atoms with E-state index in [1.54, 1.807) is 23.9 Å². The second-order valence-electron chi connectivity index (χ2n) is 14.5. The number of aliphatic hydroxyl groups excluding tert-OH is 1. The van der Waals surface area contributed by atoms with Gasteiger partial charge < -0.3 is 36.3 Å². The van der Waals surface area contributed by atoms with Crippen molar-refractivity contribution in [3.05, 3.63) is 144 Å². The highest BCUT2D eigenvalue weighted by Crippen LogP contribution is 2.40. The van der Waals surface area contributed by atoms with Gasteiger partial charge in [-0.3, -0.25) is 14.4 Å². The highest BCUT2D eigenvalue weighted by molar-refractivity contribution is 7.99. The van der Waals surface area contributed by atoms with Gasteiger partial charge in [0.15, 0.2) is 6.29 Å². The number of amides is 3. The molecule has 6 N–H and O–H groups in total. The minimum Gasteiger partial charge on any atom is -0.397 e. The van der Waals surface area contributed by atoms with Gasteiger partial charge in [0.2, 0.25) is 17.7 Å². The summed E-state index contributed by atoms with van der Waals surface area (Å²) in [5.74, 6) is 0.557. The quantitative estimate of drug-likeness (QED) is 0.0334. The lowest BCUT2D eigenvalue weighted by atomic mass is 9.97. The average Bonchev–Trinajstić information content (AvgIpc) is 3.24. The number of benzene rings is 5. The Balaban J connectivity index is 1.01. The van der Waals surface area contributed by atoms with E-state index in [-0.39, 0.29) is 36.5 Å². The molecule has 5 aromatic rings. The van der Waals surface area contributed by atoms with Crippen LogP contribution in [-0.4, -0.2) is 34.7 Å². The number of nitrogens with one attached hydrogen (secondary N) is 3. The third-order valence-corrected chi connectivity index (χ3v) is 11.1. The lowest BCUT2D eigenvalue weighted by Gasteiger charge is -2.36. The van der Waals surface area contributed by atoms with E-state index in [2.05, 4.69) is 34.1 Å². The van der Waals surface area contributed by atoms with E-state index in [1.807, 2.05) is 91.0 Å². The standard InChI is InChI=1S/C47H52N4O6S/c1-32(53)50-38-24-26-40(27-25-38)58-31-39-28-44(35-18-16-33(30-52)17-19-35)57-47(56-39)36-22-20-34(21-23-36)41-11-7-6-10-37(41)29-49-45(54)14-4-2-3-5-15-46(55)51-43-13-9-8-12-42(43)48/h6-13,16-27,39,44,47,52H,2-5,14-15,28-31,48H2,1H3,(H,49,54)(H,50,53)(H,51,55)/t39-,44+,47+/m0/s1. The maximum absolute atomic E-state index is 12.8. The van der Waals surface area contributed by atoms with Crippen LogP contribution in [0.4, 0.5) is 17.1 Å². The van der Waals surface area contributed by atoms with E-state index in [9.17, 15) is 19.5 Å². The van der Waals surface area contributed by atoms with Gasteiger partial charge in [-0.05, 0) is 77.1 Å². The number of para-hydroxylation sites is 2. The first kappa shape index (κ1) is 42.2. The molecule has 11 heteroatoms. The zero-order valence-electron chi connectivity index (χ0n) is 32.8. The van der Waals surface area contributed by atoms with Gasteiger partial charge in [-0.15, -0.1) is 11.8 Å². The highest BCUT2D eigenvalue weighted by Gasteiger charge is 2.32. The van der Waals surface area contributed by atoms with Crippen molar-refractivity contribution >= 4 is 46.5 Å². The number of aliphatic hydroxyl groups is 1. The maximum Gasteiger partial charge on any atom is 0.224 e. The Labute approximate surface area is 344 Å². The summed E-state index contributed by atoms with van der Waals surface area (Å²) in [7, 11) is 0. The number of thioether (sulfide) groups is 1. The molecule has 1 heterocycles. The lowest BCUT2D eigenvalue weighted by molar-refractivity contribution is -0.245. The van der Waals surface area contributed by atoms with Crippen LogP contribution in [0.2, 0.25) is 0 Å². The van der Waals surface area contributed by atoms with Crippen LogP contribution < -0.4 is 21.7 Å². The number of anilines is 3. The van der Waals surface area contributed by atoms with Crippen LogP contribution in [0.25, 0.3) is 11.1 Å². The fraction of sp³-hybridized carbons (Fsp3) is 0.298. The first-order chi connectivity index (χ1) is 28.2. The third kappa shape index (κ3) is 12.5. The number of nitrogens with two attached hydrogens (primary N) is 1. The Bertz CT molecular complexity index is 2110. The maximum atomic E-state index is 12.8. The molecule has 0 aromatic heterocycles. The number of carbonyl (C=O) groups excluding carboxylic acids is 3. The van der Waals surface area contributed by atoms with Gasteiger partial charge in [-0.2, -0.15) is 0 Å². The molecular weight excluding hydrogens is 749 g/mol. The average molecular weight is 801 g/mol. The molecule has 3 amide bonds. The first-order valence-corrected chi connectivity index (χ1v) is 20.8. The molecule has 0 radical (unpaired) electrons. The van der Waals surface area contributed by atoms with Gasteiger partial charge in [-0.1, -0.05) is 97.8 Å². The van der Waals surface area contributed by atoms with Crippen molar-refractivity contribution in [3.63, 3.8) is 0 Å². The molecule has 10 nitrogen and oxygen atoms in total. The number of hydrogen-bond acceptors (Lipinski definition) is 8. The number of hydrogen-bond donors (Lipinski definition) is 5. The normalized spacial score (nSPS) is 16.3. The molecule has 6 rings (SSSR count). The second kappa shape index (κ2) is 21.3. The number of unbranched alkanes of at least 4 members (excludes halogenated alkanes) is 3. The molecule has 0 aliphatic carbocycles. The number of carbonyl (C=O) groups is 3. The van der Waals surface area contributed by atoms with Gasteiger partial charge in [0.25, 0.3) is 0 Å². The SMILES string of the molecule is CC(=O)Nc1ccc(SC[C@@H]2C[C@H](c3ccc(CO)cc3)O[C@H](c3ccc(-c4ccccc4CNC(=O)CCCCCCC(=O)Nc4ccccc4N)cc3)O2)cc1. The van der Waals surface area contributed by atoms with Crippen LogP contribution in [0.3, 0.4) is 0 Å². The van der Waals surface area contributed by atoms with Crippen molar-refractivity contribution in [2.45, 2.75) is 88.4 Å². The van der Waals surface area contributed by atoms with Gasteiger partial charge in [-0.25, -0.2) is 0 Å². The molecule has 1 aliphatic heterocycles. The molecule has 58 heavy (non-hydrogen) atoms. The summed E-state index contributed by atoms with van der Waals surface area (Å²) in [6, 6.07) is 39.2. The monoisotopic (exact) mass is 800 g/mol. The van der Waals surface area contributed by atoms with E-state index in [0.717, 1.165) is 69.6 Å². The van der Waals surface area contributed by atoms with Gasteiger partial charge in [0.1, 0.15) is 0 Å². The summed E-state index contributed by atoms with van der Waals surface area (Å²) in [4.78, 5) is 37.6.